The molecule has 0 spiro atoms. The maximum atomic E-state index is 9.00. The summed E-state index contributed by atoms with van der Waals surface area (Å²) >= 11 is 0. The lowest BCUT2D eigenvalue weighted by Crippen LogP contribution is -1.78. The minimum absolute atomic E-state index is 0.833. The summed E-state index contributed by atoms with van der Waals surface area (Å²) in [6.07, 6.45) is 1.85. The first-order chi connectivity index (χ1) is 6.06. The Morgan fingerprint density at radius 1 is 1.38 bits per heavy atom. The molecule has 2 heteroatoms. The maximum Gasteiger partial charge on any atom is 0.300 e. The number of aryl methyl sites for hydroxylation is 1. The van der Waals surface area contributed by atoms with E-state index in [2.05, 4.69) is 37.8 Å². The molecule has 0 aliphatic heterocycles. The number of carboxylic acids is 1. The molecule has 0 unspecified atom stereocenters. The van der Waals surface area contributed by atoms with E-state index in [0.717, 1.165) is 6.92 Å². The van der Waals surface area contributed by atoms with Gasteiger partial charge in [0.2, 0.25) is 0 Å². The smallest absolute Gasteiger partial charge is 0.300 e. The van der Waals surface area contributed by atoms with Crippen LogP contribution in [0.2, 0.25) is 0 Å². The molecule has 0 radical (unpaired) electrons. The van der Waals surface area contributed by atoms with E-state index in [-0.39, 0.29) is 0 Å². The molecule has 0 atom stereocenters. The molecule has 0 amide bonds. The minimum atomic E-state index is -0.833. The van der Waals surface area contributed by atoms with Crippen molar-refractivity contribution >= 4 is 12.0 Å². The number of benzene rings is 1. The van der Waals surface area contributed by atoms with Crippen molar-refractivity contribution < 1.29 is 9.90 Å². The second kappa shape index (κ2) is 6.00. The third kappa shape index (κ3) is 6.81. The molecule has 70 valence electrons. The molecule has 1 N–H and O–H groups in total. The molecule has 0 bridgehead atoms. The average Bonchev–Trinajstić information content (AvgIpc) is 2.05. The Morgan fingerprint density at radius 2 is 1.77 bits per heavy atom. The number of hydrogen-bond acceptors (Lipinski definition) is 1. The van der Waals surface area contributed by atoms with Crippen molar-refractivity contribution in [1.29, 1.82) is 0 Å². The third-order valence-corrected chi connectivity index (χ3v) is 1.31. The van der Waals surface area contributed by atoms with E-state index in [1.807, 2.05) is 6.08 Å². The molecule has 0 fully saturated rings. The van der Waals surface area contributed by atoms with Gasteiger partial charge in [0.1, 0.15) is 0 Å². The van der Waals surface area contributed by atoms with Gasteiger partial charge < -0.3 is 5.11 Å². The van der Waals surface area contributed by atoms with Gasteiger partial charge in [-0.1, -0.05) is 42.5 Å². The van der Waals surface area contributed by atoms with Gasteiger partial charge in [0.05, 0.1) is 0 Å². The predicted molar refractivity (Wildman–Crippen MR) is 54.6 cm³/mol. The fourth-order valence-electron chi connectivity index (χ4n) is 0.703. The quantitative estimate of drug-likeness (QED) is 0.717. The van der Waals surface area contributed by atoms with Crippen LogP contribution in [0.3, 0.4) is 0 Å². The van der Waals surface area contributed by atoms with Gasteiger partial charge in [0.25, 0.3) is 5.97 Å². The van der Waals surface area contributed by atoms with Gasteiger partial charge in [0.15, 0.2) is 0 Å². The molecule has 0 aliphatic carbocycles. The molecular weight excluding hydrogens is 164 g/mol. The number of aliphatic carboxylic acids is 1. The number of carbonyl (C=O) groups is 1. The van der Waals surface area contributed by atoms with Crippen molar-refractivity contribution in [2.45, 2.75) is 13.8 Å². The molecule has 1 rings (SSSR count). The molecule has 0 saturated heterocycles. The van der Waals surface area contributed by atoms with E-state index in [4.69, 9.17) is 9.90 Å². The summed E-state index contributed by atoms with van der Waals surface area (Å²) in [5.74, 6) is -0.833. The van der Waals surface area contributed by atoms with Gasteiger partial charge in [0, 0.05) is 6.92 Å². The van der Waals surface area contributed by atoms with E-state index in [1.165, 1.54) is 11.1 Å². The van der Waals surface area contributed by atoms with Gasteiger partial charge in [-0.05, 0) is 12.5 Å². The summed E-state index contributed by atoms with van der Waals surface area (Å²) in [4.78, 5) is 9.00. The monoisotopic (exact) mass is 178 g/mol. The van der Waals surface area contributed by atoms with Gasteiger partial charge in [-0.25, -0.2) is 0 Å². The van der Waals surface area contributed by atoms with Crippen LogP contribution < -0.4 is 0 Å². The minimum Gasteiger partial charge on any atom is -0.481 e. The Balaban J connectivity index is 0.000000310. The zero-order valence-corrected chi connectivity index (χ0v) is 7.95. The predicted octanol–water partition coefficient (Wildman–Crippen LogP) is 2.73. The fraction of sp³-hybridized carbons (Fsp3) is 0.182. The van der Waals surface area contributed by atoms with Crippen LogP contribution in [-0.4, -0.2) is 11.1 Å². The van der Waals surface area contributed by atoms with Gasteiger partial charge in [-0.2, -0.15) is 0 Å². The standard InChI is InChI=1S/C9H10.C2H4O2/c1-3-9-6-4-8(2)5-7-9;1-2(3)4/h3-7H,1H2,2H3;1H3,(H,3,4). The lowest BCUT2D eigenvalue weighted by Gasteiger charge is -1.91. The average molecular weight is 178 g/mol. The SMILES string of the molecule is C=Cc1ccc(C)cc1.CC(=O)O. The molecule has 0 aromatic heterocycles. The Labute approximate surface area is 78.5 Å². The topological polar surface area (TPSA) is 37.3 Å². The van der Waals surface area contributed by atoms with Crippen molar-refractivity contribution in [3.05, 3.63) is 42.0 Å². The van der Waals surface area contributed by atoms with Crippen molar-refractivity contribution in [2.24, 2.45) is 0 Å². The van der Waals surface area contributed by atoms with E-state index in [1.54, 1.807) is 0 Å². The molecule has 1 aromatic carbocycles. The summed E-state index contributed by atoms with van der Waals surface area (Å²) in [5, 5.41) is 7.42. The molecule has 1 aromatic rings. The van der Waals surface area contributed by atoms with Crippen LogP contribution in [-0.2, 0) is 4.79 Å². The zero-order valence-electron chi connectivity index (χ0n) is 7.95. The third-order valence-electron chi connectivity index (χ3n) is 1.31. The zero-order chi connectivity index (χ0) is 10.3. The van der Waals surface area contributed by atoms with Crippen LogP contribution in [0, 0.1) is 6.92 Å². The highest BCUT2D eigenvalue weighted by molar-refractivity contribution is 5.62. The normalized spacial score (nSPS) is 8.15. The highest BCUT2D eigenvalue weighted by Crippen LogP contribution is 2.02. The van der Waals surface area contributed by atoms with E-state index < -0.39 is 5.97 Å². The molecular formula is C11H14O2. The van der Waals surface area contributed by atoms with Crippen LogP contribution in [0.1, 0.15) is 18.1 Å². The van der Waals surface area contributed by atoms with Crippen LogP contribution in [0.4, 0.5) is 0 Å². The lowest BCUT2D eigenvalue weighted by atomic mass is 10.2. The fourth-order valence-corrected chi connectivity index (χ4v) is 0.703. The van der Waals surface area contributed by atoms with Crippen molar-refractivity contribution in [1.82, 2.24) is 0 Å². The largest absolute Gasteiger partial charge is 0.481 e. The van der Waals surface area contributed by atoms with Crippen LogP contribution in [0.5, 0.6) is 0 Å². The first-order valence-electron chi connectivity index (χ1n) is 3.95. The summed E-state index contributed by atoms with van der Waals surface area (Å²) < 4.78 is 0. The number of rotatable bonds is 1. The number of carboxylic acid groups (broad SMARTS) is 1. The van der Waals surface area contributed by atoms with Crippen LogP contribution in [0.25, 0.3) is 6.08 Å². The second-order valence-electron chi connectivity index (χ2n) is 2.63. The van der Waals surface area contributed by atoms with Crippen molar-refractivity contribution in [3.8, 4) is 0 Å². The Hall–Kier alpha value is -1.57. The first-order valence-corrected chi connectivity index (χ1v) is 3.95. The van der Waals surface area contributed by atoms with Gasteiger partial charge >= 0.3 is 0 Å². The van der Waals surface area contributed by atoms with Crippen LogP contribution >= 0.6 is 0 Å². The van der Waals surface area contributed by atoms with Crippen molar-refractivity contribution in [2.75, 3.05) is 0 Å². The second-order valence-corrected chi connectivity index (χ2v) is 2.63. The molecule has 2 nitrogen and oxygen atoms in total. The van der Waals surface area contributed by atoms with Crippen LogP contribution in [0.15, 0.2) is 30.8 Å². The molecule has 13 heavy (non-hydrogen) atoms. The Bertz CT molecular complexity index is 269. The Morgan fingerprint density at radius 3 is 2.08 bits per heavy atom. The van der Waals surface area contributed by atoms with Gasteiger partial charge in [-0.15, -0.1) is 0 Å². The summed E-state index contributed by atoms with van der Waals surface area (Å²) in [7, 11) is 0. The lowest BCUT2D eigenvalue weighted by molar-refractivity contribution is -0.134. The molecule has 0 aliphatic rings. The summed E-state index contributed by atoms with van der Waals surface area (Å²) in [6, 6.07) is 8.28. The van der Waals surface area contributed by atoms with E-state index in [9.17, 15) is 0 Å². The van der Waals surface area contributed by atoms with Crippen molar-refractivity contribution in [3.63, 3.8) is 0 Å². The summed E-state index contributed by atoms with van der Waals surface area (Å²) in [5.41, 5.74) is 2.47. The highest BCUT2D eigenvalue weighted by atomic mass is 16.4. The number of hydrogen-bond donors (Lipinski definition) is 1. The summed E-state index contributed by atoms with van der Waals surface area (Å²) in [6.45, 7) is 6.82. The molecule has 0 saturated carbocycles. The Kier molecular flexibility index (Phi) is 5.28. The first kappa shape index (κ1) is 11.4. The van der Waals surface area contributed by atoms with Gasteiger partial charge in [-0.3, -0.25) is 4.79 Å². The van der Waals surface area contributed by atoms with E-state index >= 15 is 0 Å². The highest BCUT2D eigenvalue weighted by Gasteiger charge is 1.82. The molecule has 0 heterocycles. The maximum absolute atomic E-state index is 9.00. The van der Waals surface area contributed by atoms with E-state index in [0.29, 0.717) is 0 Å².